The number of sulfonamides is 1. The molecule has 0 saturated heterocycles. The minimum Gasteiger partial charge on any atom is -0.496 e. The summed E-state index contributed by atoms with van der Waals surface area (Å²) in [5.74, 6) is 0.383. The molecule has 0 unspecified atom stereocenters. The Bertz CT molecular complexity index is 1390. The summed E-state index contributed by atoms with van der Waals surface area (Å²) in [7, 11) is 6.18. The molecule has 3 rings (SSSR count). The van der Waals surface area contributed by atoms with Crippen LogP contribution in [0.4, 0.5) is 0 Å². The van der Waals surface area contributed by atoms with Crippen molar-refractivity contribution in [2.24, 2.45) is 0 Å². The van der Waals surface area contributed by atoms with Crippen LogP contribution in [0.1, 0.15) is 42.2 Å². The van der Waals surface area contributed by atoms with Crippen LogP contribution in [0.2, 0.25) is 0 Å². The molecule has 0 atom stereocenters. The van der Waals surface area contributed by atoms with Gasteiger partial charge in [-0.05, 0) is 74.9 Å². The van der Waals surface area contributed by atoms with Crippen LogP contribution in [0, 0.1) is 0 Å². The van der Waals surface area contributed by atoms with Gasteiger partial charge >= 0.3 is 5.97 Å². The van der Waals surface area contributed by atoms with Gasteiger partial charge in [0.2, 0.25) is 10.0 Å². The second kappa shape index (κ2) is 12.6. The van der Waals surface area contributed by atoms with Crippen LogP contribution in [-0.4, -0.2) is 88.9 Å². The number of carbonyl (C=O) groups excluding carboxylic acids is 1. The average Bonchev–Trinajstić information content (AvgIpc) is 3.36. The quantitative estimate of drug-likeness (QED) is 0.307. The maximum Gasteiger partial charge on any atom is 0.358 e. The Labute approximate surface area is 231 Å². The Balaban J connectivity index is 2.21. The van der Waals surface area contributed by atoms with Crippen molar-refractivity contribution in [3.63, 3.8) is 0 Å². The van der Waals surface area contributed by atoms with Crippen molar-refractivity contribution in [2.45, 2.75) is 31.1 Å². The summed E-state index contributed by atoms with van der Waals surface area (Å²) in [6.07, 6.45) is 0.714. The topological polar surface area (TPSA) is 103 Å². The first-order valence-corrected chi connectivity index (χ1v) is 14.0. The fourth-order valence-electron chi connectivity index (χ4n) is 4.31. The van der Waals surface area contributed by atoms with Gasteiger partial charge < -0.3 is 19.1 Å². The number of nitrogens with zero attached hydrogens (tertiary/aromatic N) is 4. The number of aromatic nitrogens is 2. The maximum absolute atomic E-state index is 13.4. The lowest BCUT2D eigenvalue weighted by Gasteiger charge is -2.21. The van der Waals surface area contributed by atoms with Crippen molar-refractivity contribution in [1.82, 2.24) is 19.0 Å². The number of hydrogen-bond acceptors (Lipinski definition) is 8. The van der Waals surface area contributed by atoms with E-state index in [0.717, 1.165) is 12.1 Å². The predicted molar refractivity (Wildman–Crippen MR) is 151 cm³/mol. The fraction of sp³-hybridized carbons (Fsp3) is 0.429. The van der Waals surface area contributed by atoms with Crippen LogP contribution >= 0.6 is 0 Å². The van der Waals surface area contributed by atoms with E-state index in [1.807, 2.05) is 32.8 Å². The molecule has 2 aromatic carbocycles. The normalized spacial score (nSPS) is 11.9. The monoisotopic (exact) mass is 558 g/mol. The average molecular weight is 559 g/mol. The molecular weight excluding hydrogens is 520 g/mol. The first kappa shape index (κ1) is 30.1. The Kier molecular flexibility index (Phi) is 9.76. The minimum atomic E-state index is -3.72. The molecule has 0 bridgehead atoms. The molecule has 0 aliphatic heterocycles. The van der Waals surface area contributed by atoms with Crippen LogP contribution in [-0.2, 0) is 14.8 Å². The highest BCUT2D eigenvalue weighted by molar-refractivity contribution is 7.89. The third kappa shape index (κ3) is 6.43. The summed E-state index contributed by atoms with van der Waals surface area (Å²) in [6.45, 7) is 5.14. The van der Waals surface area contributed by atoms with Crippen LogP contribution in [0.25, 0.3) is 16.9 Å². The van der Waals surface area contributed by atoms with Crippen molar-refractivity contribution < 1.29 is 27.4 Å². The lowest BCUT2D eigenvalue weighted by molar-refractivity contribution is 0.0593. The van der Waals surface area contributed by atoms with Gasteiger partial charge in [-0.1, -0.05) is 19.9 Å². The third-order valence-corrected chi connectivity index (χ3v) is 8.28. The molecule has 0 radical (unpaired) electrons. The lowest BCUT2D eigenvalue weighted by atomic mass is 10.0. The van der Waals surface area contributed by atoms with Gasteiger partial charge in [0.25, 0.3) is 0 Å². The molecule has 0 N–H and O–H groups in total. The lowest BCUT2D eigenvalue weighted by Crippen LogP contribution is -2.30. The van der Waals surface area contributed by atoms with E-state index in [2.05, 4.69) is 5.10 Å². The van der Waals surface area contributed by atoms with Crippen molar-refractivity contribution >= 4 is 16.0 Å². The summed E-state index contributed by atoms with van der Waals surface area (Å²) < 4.78 is 46.0. The van der Waals surface area contributed by atoms with Crippen LogP contribution in [0.3, 0.4) is 0 Å². The molecule has 10 nitrogen and oxygen atoms in total. The van der Waals surface area contributed by atoms with Crippen LogP contribution < -0.4 is 9.47 Å². The van der Waals surface area contributed by atoms with E-state index >= 15 is 0 Å². The smallest absolute Gasteiger partial charge is 0.358 e. The summed E-state index contributed by atoms with van der Waals surface area (Å²) >= 11 is 0. The first-order valence-electron chi connectivity index (χ1n) is 12.6. The second-order valence-electron chi connectivity index (χ2n) is 9.71. The van der Waals surface area contributed by atoms with E-state index in [4.69, 9.17) is 14.2 Å². The second-order valence-corrected chi connectivity index (χ2v) is 11.8. The standard InChI is InChI=1S/C28H38N4O6S/c1-19(2)21-17-20(39(34,35)31(5)16-10-15-30(3)4)13-14-23(21)32-24(18-22(29-32)28(33)38-8)27-25(36-6)11-9-12-26(27)37-7/h9,11-14,17-19H,10,15-16H2,1-8H3. The van der Waals surface area contributed by atoms with Crippen molar-refractivity contribution in [3.8, 4) is 28.4 Å². The molecule has 212 valence electrons. The van der Waals surface area contributed by atoms with E-state index < -0.39 is 16.0 Å². The zero-order valence-corrected chi connectivity index (χ0v) is 24.7. The Morgan fingerprint density at radius 2 is 1.62 bits per heavy atom. The third-order valence-electron chi connectivity index (χ3n) is 6.42. The number of esters is 1. The Hall–Kier alpha value is -3.41. The minimum absolute atomic E-state index is 0.0626. The molecule has 39 heavy (non-hydrogen) atoms. The van der Waals surface area contributed by atoms with Gasteiger partial charge in [0.15, 0.2) is 5.69 Å². The van der Waals surface area contributed by atoms with Crippen LogP contribution in [0.15, 0.2) is 47.4 Å². The molecule has 1 heterocycles. The summed E-state index contributed by atoms with van der Waals surface area (Å²) in [6, 6.07) is 12.0. The Morgan fingerprint density at radius 3 is 2.15 bits per heavy atom. The molecule has 0 aliphatic rings. The number of ether oxygens (including phenoxy) is 3. The van der Waals surface area contributed by atoms with Crippen molar-refractivity contribution in [2.75, 3.05) is 55.6 Å². The molecule has 11 heteroatoms. The van der Waals surface area contributed by atoms with E-state index in [9.17, 15) is 13.2 Å². The number of hydrogen-bond donors (Lipinski definition) is 0. The van der Waals surface area contributed by atoms with Crippen molar-refractivity contribution in [3.05, 3.63) is 53.7 Å². The summed E-state index contributed by atoms with van der Waals surface area (Å²) in [5, 5.41) is 4.57. The molecule has 0 saturated carbocycles. The zero-order valence-electron chi connectivity index (χ0n) is 23.9. The number of benzene rings is 2. The molecule has 0 fully saturated rings. The summed E-state index contributed by atoms with van der Waals surface area (Å²) in [4.78, 5) is 14.7. The van der Waals surface area contributed by atoms with E-state index in [1.54, 1.807) is 68.4 Å². The highest BCUT2D eigenvalue weighted by Crippen LogP contribution is 2.40. The summed E-state index contributed by atoms with van der Waals surface area (Å²) in [5.41, 5.74) is 2.58. The molecule has 0 spiro atoms. The molecule has 3 aromatic rings. The molecule has 0 aliphatic carbocycles. The molecule has 0 amide bonds. The van der Waals surface area contributed by atoms with Gasteiger partial charge in [-0.3, -0.25) is 0 Å². The first-order chi connectivity index (χ1) is 18.5. The Morgan fingerprint density at radius 1 is 0.974 bits per heavy atom. The largest absolute Gasteiger partial charge is 0.496 e. The zero-order chi connectivity index (χ0) is 28.9. The highest BCUT2D eigenvalue weighted by Gasteiger charge is 2.27. The molecule has 1 aromatic heterocycles. The van der Waals surface area contributed by atoms with Crippen molar-refractivity contribution in [1.29, 1.82) is 0 Å². The van der Waals surface area contributed by atoms with E-state index in [-0.39, 0.29) is 16.5 Å². The maximum atomic E-state index is 13.4. The van der Waals surface area contributed by atoms with Gasteiger partial charge in [-0.2, -0.15) is 5.10 Å². The number of methoxy groups -OCH3 is 3. The van der Waals surface area contributed by atoms with Gasteiger partial charge in [0, 0.05) is 13.6 Å². The van der Waals surface area contributed by atoms with E-state index in [1.165, 1.54) is 11.4 Å². The van der Waals surface area contributed by atoms with Gasteiger partial charge in [0.1, 0.15) is 11.5 Å². The van der Waals surface area contributed by atoms with E-state index in [0.29, 0.717) is 41.4 Å². The molecular formula is C28H38N4O6S. The van der Waals surface area contributed by atoms with Gasteiger partial charge in [-0.15, -0.1) is 0 Å². The SMILES string of the molecule is COC(=O)c1cc(-c2c(OC)cccc2OC)n(-c2ccc(S(=O)(=O)N(C)CCCN(C)C)cc2C(C)C)n1. The van der Waals surface area contributed by atoms with Gasteiger partial charge in [-0.25, -0.2) is 22.2 Å². The fourth-order valence-corrected chi connectivity index (χ4v) is 5.55. The van der Waals surface area contributed by atoms with Crippen LogP contribution in [0.5, 0.6) is 11.5 Å². The van der Waals surface area contributed by atoms with Gasteiger partial charge in [0.05, 0.1) is 43.2 Å². The highest BCUT2D eigenvalue weighted by atomic mass is 32.2. The number of carbonyl (C=O) groups is 1. The predicted octanol–water partition coefficient (Wildman–Crippen LogP) is 4.04. The number of rotatable bonds is 12.